The summed E-state index contributed by atoms with van der Waals surface area (Å²) >= 11 is 0. The van der Waals surface area contributed by atoms with Crippen molar-refractivity contribution in [2.24, 2.45) is 0 Å². The number of nitrogens with zero attached hydrogens (tertiary/aromatic N) is 3. The number of anilines is 1. The fourth-order valence-electron chi connectivity index (χ4n) is 2.99. The Labute approximate surface area is 130 Å². The van der Waals surface area contributed by atoms with Crippen LogP contribution in [0.2, 0.25) is 0 Å². The van der Waals surface area contributed by atoms with Crippen LogP contribution in [-0.2, 0) is 4.74 Å². The average Bonchev–Trinajstić information content (AvgIpc) is 2.55. The molecule has 2 heterocycles. The van der Waals surface area contributed by atoms with E-state index in [1.165, 1.54) is 0 Å². The van der Waals surface area contributed by atoms with E-state index in [1.54, 1.807) is 12.1 Å². The summed E-state index contributed by atoms with van der Waals surface area (Å²) in [5, 5.41) is 11.0. The lowest BCUT2D eigenvalue weighted by molar-refractivity contribution is -0.384. The van der Waals surface area contributed by atoms with Crippen molar-refractivity contribution in [3.63, 3.8) is 0 Å². The van der Waals surface area contributed by atoms with Crippen molar-refractivity contribution in [3.05, 3.63) is 40.0 Å². The van der Waals surface area contributed by atoms with E-state index in [4.69, 9.17) is 4.74 Å². The van der Waals surface area contributed by atoms with Gasteiger partial charge in [-0.3, -0.25) is 15.0 Å². The van der Waals surface area contributed by atoms with E-state index >= 15 is 0 Å². The zero-order valence-electron chi connectivity index (χ0n) is 12.6. The molecule has 2 aliphatic heterocycles. The summed E-state index contributed by atoms with van der Waals surface area (Å²) in [5.41, 5.74) is 2.19. The molecule has 0 spiro atoms. The van der Waals surface area contributed by atoms with Gasteiger partial charge in [-0.2, -0.15) is 0 Å². The van der Waals surface area contributed by atoms with Crippen molar-refractivity contribution < 1.29 is 9.66 Å². The monoisotopic (exact) mass is 303 g/mol. The SMILES string of the molecule is O=[N+]([O-])c1ccc2c(c1)N(CCCN1CCOCC1)CC=C2. The molecule has 1 aromatic rings. The van der Waals surface area contributed by atoms with E-state index in [0.717, 1.165) is 63.6 Å². The Balaban J connectivity index is 1.62. The number of ether oxygens (including phenoxy) is 1. The van der Waals surface area contributed by atoms with Crippen LogP contribution in [-0.4, -0.2) is 55.8 Å². The van der Waals surface area contributed by atoms with Gasteiger partial charge in [0.2, 0.25) is 0 Å². The highest BCUT2D eigenvalue weighted by Gasteiger charge is 2.17. The van der Waals surface area contributed by atoms with Crippen LogP contribution in [0.5, 0.6) is 0 Å². The first kappa shape index (κ1) is 15.0. The Hall–Kier alpha value is -1.92. The predicted molar refractivity (Wildman–Crippen MR) is 86.2 cm³/mol. The molecular formula is C16H21N3O3. The topological polar surface area (TPSA) is 58.9 Å². The first-order valence-electron chi connectivity index (χ1n) is 7.74. The number of non-ortho nitro benzene ring substituents is 1. The number of rotatable bonds is 5. The highest BCUT2D eigenvalue weighted by Crippen LogP contribution is 2.30. The molecule has 0 saturated carbocycles. The van der Waals surface area contributed by atoms with Gasteiger partial charge >= 0.3 is 0 Å². The Morgan fingerprint density at radius 1 is 1.23 bits per heavy atom. The Morgan fingerprint density at radius 3 is 2.82 bits per heavy atom. The quantitative estimate of drug-likeness (QED) is 0.616. The van der Waals surface area contributed by atoms with Gasteiger partial charge in [-0.25, -0.2) is 0 Å². The van der Waals surface area contributed by atoms with Gasteiger partial charge in [-0.05, 0) is 18.1 Å². The molecule has 2 aliphatic rings. The zero-order valence-corrected chi connectivity index (χ0v) is 12.6. The van der Waals surface area contributed by atoms with E-state index in [0.29, 0.717) is 0 Å². The Bertz CT molecular complexity index is 568. The number of nitro groups is 1. The van der Waals surface area contributed by atoms with Crippen LogP contribution in [0.4, 0.5) is 11.4 Å². The van der Waals surface area contributed by atoms with Crippen molar-refractivity contribution in [2.75, 3.05) is 50.8 Å². The molecule has 0 atom stereocenters. The van der Waals surface area contributed by atoms with Crippen molar-refractivity contribution >= 4 is 17.5 Å². The Kier molecular flexibility index (Phi) is 4.70. The molecular weight excluding hydrogens is 282 g/mol. The van der Waals surface area contributed by atoms with Crippen LogP contribution in [0.1, 0.15) is 12.0 Å². The maximum absolute atomic E-state index is 11.0. The molecule has 0 aliphatic carbocycles. The van der Waals surface area contributed by atoms with Crippen molar-refractivity contribution in [1.29, 1.82) is 0 Å². The molecule has 118 valence electrons. The molecule has 0 amide bonds. The second-order valence-electron chi connectivity index (χ2n) is 5.66. The van der Waals surface area contributed by atoms with E-state index < -0.39 is 0 Å². The molecule has 6 heteroatoms. The number of fused-ring (bicyclic) bond motifs is 1. The van der Waals surface area contributed by atoms with Gasteiger partial charge in [0.05, 0.1) is 23.8 Å². The molecule has 1 fully saturated rings. The largest absolute Gasteiger partial charge is 0.379 e. The third-order valence-corrected chi connectivity index (χ3v) is 4.19. The van der Waals surface area contributed by atoms with Crippen LogP contribution >= 0.6 is 0 Å². The number of hydrogen-bond acceptors (Lipinski definition) is 5. The van der Waals surface area contributed by atoms with Gasteiger partial charge in [0.15, 0.2) is 0 Å². The molecule has 0 bridgehead atoms. The predicted octanol–water partition coefficient (Wildman–Crippen LogP) is 2.15. The highest BCUT2D eigenvalue weighted by molar-refractivity contribution is 5.73. The molecule has 0 unspecified atom stereocenters. The average molecular weight is 303 g/mol. The summed E-state index contributed by atoms with van der Waals surface area (Å²) in [5.74, 6) is 0. The minimum atomic E-state index is -0.329. The molecule has 3 rings (SSSR count). The van der Waals surface area contributed by atoms with Gasteiger partial charge in [0.1, 0.15) is 0 Å². The molecule has 22 heavy (non-hydrogen) atoms. The van der Waals surface area contributed by atoms with Crippen LogP contribution < -0.4 is 4.90 Å². The third-order valence-electron chi connectivity index (χ3n) is 4.19. The second-order valence-corrected chi connectivity index (χ2v) is 5.66. The molecule has 0 N–H and O–H groups in total. The minimum Gasteiger partial charge on any atom is -0.379 e. The summed E-state index contributed by atoms with van der Waals surface area (Å²) in [4.78, 5) is 15.3. The smallest absolute Gasteiger partial charge is 0.271 e. The van der Waals surface area contributed by atoms with Crippen molar-refractivity contribution in [2.45, 2.75) is 6.42 Å². The fraction of sp³-hybridized carbons (Fsp3) is 0.500. The van der Waals surface area contributed by atoms with Crippen molar-refractivity contribution in [1.82, 2.24) is 4.90 Å². The van der Waals surface area contributed by atoms with Gasteiger partial charge in [-0.15, -0.1) is 0 Å². The maximum atomic E-state index is 11.0. The number of hydrogen-bond donors (Lipinski definition) is 0. The van der Waals surface area contributed by atoms with E-state index in [1.807, 2.05) is 12.1 Å². The third kappa shape index (κ3) is 3.45. The molecule has 0 aromatic heterocycles. The first-order chi connectivity index (χ1) is 10.7. The minimum absolute atomic E-state index is 0.159. The van der Waals surface area contributed by atoms with Crippen LogP contribution in [0.15, 0.2) is 24.3 Å². The second kappa shape index (κ2) is 6.89. The maximum Gasteiger partial charge on any atom is 0.271 e. The normalized spacial score (nSPS) is 18.3. The molecule has 6 nitrogen and oxygen atoms in total. The lowest BCUT2D eigenvalue weighted by Gasteiger charge is -2.30. The van der Waals surface area contributed by atoms with Gasteiger partial charge in [0.25, 0.3) is 5.69 Å². The van der Waals surface area contributed by atoms with E-state index in [-0.39, 0.29) is 10.6 Å². The summed E-state index contributed by atoms with van der Waals surface area (Å²) < 4.78 is 5.35. The van der Waals surface area contributed by atoms with Gasteiger partial charge < -0.3 is 9.64 Å². The molecule has 0 radical (unpaired) electrons. The lowest BCUT2D eigenvalue weighted by Crippen LogP contribution is -2.38. The van der Waals surface area contributed by atoms with E-state index in [2.05, 4.69) is 15.9 Å². The van der Waals surface area contributed by atoms with Crippen LogP contribution in [0.25, 0.3) is 6.08 Å². The molecule has 1 saturated heterocycles. The highest BCUT2D eigenvalue weighted by atomic mass is 16.6. The molecule has 1 aromatic carbocycles. The van der Waals surface area contributed by atoms with Gasteiger partial charge in [-0.1, -0.05) is 12.2 Å². The van der Waals surface area contributed by atoms with E-state index in [9.17, 15) is 10.1 Å². The fourth-order valence-corrected chi connectivity index (χ4v) is 2.99. The lowest BCUT2D eigenvalue weighted by atomic mass is 10.1. The van der Waals surface area contributed by atoms with Gasteiger partial charge in [0, 0.05) is 44.9 Å². The standard InChI is InChI=1S/C16H21N3O3/c20-19(21)15-5-4-14-3-1-7-18(16(14)13-15)8-2-6-17-9-11-22-12-10-17/h1,3-5,13H,2,6-12H2. The summed E-state index contributed by atoms with van der Waals surface area (Å²) in [6.45, 7) is 6.42. The number of benzene rings is 1. The van der Waals surface area contributed by atoms with Crippen LogP contribution in [0.3, 0.4) is 0 Å². The van der Waals surface area contributed by atoms with Crippen LogP contribution in [0, 0.1) is 10.1 Å². The first-order valence-corrected chi connectivity index (χ1v) is 7.74. The Morgan fingerprint density at radius 2 is 2.05 bits per heavy atom. The van der Waals surface area contributed by atoms with Crippen molar-refractivity contribution in [3.8, 4) is 0 Å². The zero-order chi connectivity index (χ0) is 15.4. The number of morpholine rings is 1. The number of nitro benzene ring substituents is 1. The summed E-state index contributed by atoms with van der Waals surface area (Å²) in [6, 6.07) is 5.09. The summed E-state index contributed by atoms with van der Waals surface area (Å²) in [6.07, 6.45) is 5.20. The summed E-state index contributed by atoms with van der Waals surface area (Å²) in [7, 11) is 0.